The summed E-state index contributed by atoms with van der Waals surface area (Å²) < 4.78 is 13.6. The zero-order valence-electron chi connectivity index (χ0n) is 10.7. The molecular weight excluding hydrogens is 263 g/mol. The average Bonchev–Trinajstić information content (AvgIpc) is 2.41. The summed E-state index contributed by atoms with van der Waals surface area (Å²) in [5.41, 5.74) is 5.13. The van der Waals surface area contributed by atoms with Gasteiger partial charge in [-0.05, 0) is 42.2 Å². The van der Waals surface area contributed by atoms with E-state index in [1.165, 1.54) is 6.07 Å². The van der Waals surface area contributed by atoms with Crippen LogP contribution < -0.4 is 11.3 Å². The molecule has 2 aromatic rings. The second-order valence-corrected chi connectivity index (χ2v) is 4.93. The molecular formula is C15H16ClFN2. The molecule has 2 nitrogen and oxygen atoms in total. The van der Waals surface area contributed by atoms with Gasteiger partial charge in [0.25, 0.3) is 0 Å². The summed E-state index contributed by atoms with van der Waals surface area (Å²) in [7, 11) is 0. The van der Waals surface area contributed by atoms with Gasteiger partial charge in [0.05, 0.1) is 6.04 Å². The smallest absolute Gasteiger partial charge is 0.126 e. The number of halogens is 2. The molecule has 0 aliphatic carbocycles. The third kappa shape index (κ3) is 3.32. The highest BCUT2D eigenvalue weighted by molar-refractivity contribution is 6.31. The minimum Gasteiger partial charge on any atom is -0.271 e. The van der Waals surface area contributed by atoms with E-state index in [1.54, 1.807) is 13.0 Å². The van der Waals surface area contributed by atoms with Crippen molar-refractivity contribution in [1.82, 2.24) is 5.43 Å². The van der Waals surface area contributed by atoms with Gasteiger partial charge in [-0.1, -0.05) is 41.9 Å². The van der Waals surface area contributed by atoms with Crippen LogP contribution in [0.1, 0.15) is 22.7 Å². The molecule has 0 spiro atoms. The molecule has 1 unspecified atom stereocenters. The fourth-order valence-corrected chi connectivity index (χ4v) is 2.20. The van der Waals surface area contributed by atoms with Crippen molar-refractivity contribution in [1.29, 1.82) is 0 Å². The Morgan fingerprint density at radius 1 is 1.26 bits per heavy atom. The van der Waals surface area contributed by atoms with Gasteiger partial charge in [0.15, 0.2) is 0 Å². The third-order valence-corrected chi connectivity index (χ3v) is 3.55. The minimum atomic E-state index is -0.225. The summed E-state index contributed by atoms with van der Waals surface area (Å²) in [6.07, 6.45) is 0.610. The van der Waals surface area contributed by atoms with Crippen molar-refractivity contribution in [2.75, 3.05) is 0 Å². The molecule has 1 atom stereocenters. The van der Waals surface area contributed by atoms with Crippen LogP contribution in [0.4, 0.5) is 4.39 Å². The molecule has 0 radical (unpaired) electrons. The first-order valence-corrected chi connectivity index (χ1v) is 6.45. The van der Waals surface area contributed by atoms with Gasteiger partial charge in [-0.2, -0.15) is 0 Å². The van der Waals surface area contributed by atoms with E-state index in [4.69, 9.17) is 17.4 Å². The number of rotatable bonds is 4. The normalized spacial score (nSPS) is 12.4. The van der Waals surface area contributed by atoms with Crippen molar-refractivity contribution in [3.8, 4) is 0 Å². The molecule has 4 heteroatoms. The van der Waals surface area contributed by atoms with Crippen LogP contribution in [0, 0.1) is 12.7 Å². The molecule has 0 bridgehead atoms. The van der Waals surface area contributed by atoms with E-state index in [0.717, 1.165) is 11.1 Å². The molecule has 3 N–H and O–H groups in total. The predicted molar refractivity (Wildman–Crippen MR) is 76.4 cm³/mol. The van der Waals surface area contributed by atoms with E-state index >= 15 is 0 Å². The standard InChI is InChI=1S/C15H16ClFN2/c1-10-6-7-12(8-14(10)17)15(19-18)9-11-4-2-3-5-13(11)16/h2-8,15,19H,9,18H2,1H3. The molecule has 0 aliphatic rings. The maximum Gasteiger partial charge on any atom is 0.126 e. The molecule has 19 heavy (non-hydrogen) atoms. The second kappa shape index (κ2) is 6.15. The number of benzene rings is 2. The predicted octanol–water partition coefficient (Wildman–Crippen LogP) is 3.53. The van der Waals surface area contributed by atoms with Crippen molar-refractivity contribution in [3.63, 3.8) is 0 Å². The Morgan fingerprint density at radius 2 is 2.00 bits per heavy atom. The van der Waals surface area contributed by atoms with Crippen LogP contribution in [0.15, 0.2) is 42.5 Å². The van der Waals surface area contributed by atoms with Crippen LogP contribution in [0.5, 0.6) is 0 Å². The number of nitrogens with two attached hydrogens (primary N) is 1. The van der Waals surface area contributed by atoms with Crippen LogP contribution in [-0.2, 0) is 6.42 Å². The van der Waals surface area contributed by atoms with Gasteiger partial charge < -0.3 is 0 Å². The van der Waals surface area contributed by atoms with Crippen LogP contribution in [0.25, 0.3) is 0 Å². The first kappa shape index (κ1) is 14.0. The third-order valence-electron chi connectivity index (χ3n) is 3.18. The second-order valence-electron chi connectivity index (χ2n) is 4.52. The van der Waals surface area contributed by atoms with Gasteiger partial charge >= 0.3 is 0 Å². The molecule has 0 heterocycles. The number of hydrogen-bond acceptors (Lipinski definition) is 2. The van der Waals surface area contributed by atoms with Gasteiger partial charge in [-0.15, -0.1) is 0 Å². The van der Waals surface area contributed by atoms with Crippen LogP contribution >= 0.6 is 11.6 Å². The lowest BCUT2D eigenvalue weighted by Crippen LogP contribution is -2.29. The number of aryl methyl sites for hydroxylation is 1. The van der Waals surface area contributed by atoms with Crippen LogP contribution in [0.3, 0.4) is 0 Å². The summed E-state index contributed by atoms with van der Waals surface area (Å²) >= 11 is 6.13. The Labute approximate surface area is 117 Å². The number of hydrazine groups is 1. The van der Waals surface area contributed by atoms with E-state index in [0.29, 0.717) is 17.0 Å². The van der Waals surface area contributed by atoms with Crippen molar-refractivity contribution < 1.29 is 4.39 Å². The molecule has 0 saturated heterocycles. The Hall–Kier alpha value is -1.42. The first-order valence-electron chi connectivity index (χ1n) is 6.07. The summed E-state index contributed by atoms with van der Waals surface area (Å²) in [5.74, 6) is 5.35. The number of nitrogens with one attached hydrogen (secondary N) is 1. The quantitative estimate of drug-likeness (QED) is 0.663. The molecule has 100 valence electrons. The van der Waals surface area contributed by atoms with Crippen molar-refractivity contribution in [3.05, 3.63) is 70.0 Å². The van der Waals surface area contributed by atoms with Gasteiger partial charge in [-0.3, -0.25) is 11.3 Å². The zero-order valence-corrected chi connectivity index (χ0v) is 11.4. The molecule has 2 rings (SSSR count). The van der Waals surface area contributed by atoms with Crippen LogP contribution in [0.2, 0.25) is 5.02 Å². The SMILES string of the molecule is Cc1ccc(C(Cc2ccccc2Cl)NN)cc1F. The average molecular weight is 279 g/mol. The van der Waals surface area contributed by atoms with Crippen LogP contribution in [-0.4, -0.2) is 0 Å². The van der Waals surface area contributed by atoms with Crippen molar-refractivity contribution in [2.45, 2.75) is 19.4 Å². The summed E-state index contributed by atoms with van der Waals surface area (Å²) in [6.45, 7) is 1.73. The van der Waals surface area contributed by atoms with Gasteiger partial charge in [-0.25, -0.2) is 4.39 Å². The lowest BCUT2D eigenvalue weighted by molar-refractivity contribution is 0.543. The molecule has 0 aromatic heterocycles. The van der Waals surface area contributed by atoms with Gasteiger partial charge in [0, 0.05) is 5.02 Å². The maximum atomic E-state index is 13.6. The van der Waals surface area contributed by atoms with Gasteiger partial charge in [0.2, 0.25) is 0 Å². The molecule has 2 aromatic carbocycles. The highest BCUT2D eigenvalue weighted by atomic mass is 35.5. The Balaban J connectivity index is 2.25. The van der Waals surface area contributed by atoms with E-state index < -0.39 is 0 Å². The molecule has 0 fully saturated rings. The topological polar surface area (TPSA) is 38.0 Å². The van der Waals surface area contributed by atoms with E-state index in [1.807, 2.05) is 30.3 Å². The Bertz CT molecular complexity index is 572. The molecule has 0 saturated carbocycles. The minimum absolute atomic E-state index is 0.171. The monoisotopic (exact) mass is 278 g/mol. The first-order chi connectivity index (χ1) is 9.11. The lowest BCUT2D eigenvalue weighted by Gasteiger charge is -2.17. The molecule has 0 amide bonds. The van der Waals surface area contributed by atoms with Crippen molar-refractivity contribution in [2.24, 2.45) is 5.84 Å². The zero-order chi connectivity index (χ0) is 13.8. The van der Waals surface area contributed by atoms with Gasteiger partial charge in [0.1, 0.15) is 5.82 Å². The summed E-state index contributed by atoms with van der Waals surface area (Å²) in [6, 6.07) is 12.5. The Kier molecular flexibility index (Phi) is 4.53. The summed E-state index contributed by atoms with van der Waals surface area (Å²) in [4.78, 5) is 0. The van der Waals surface area contributed by atoms with E-state index in [-0.39, 0.29) is 11.9 Å². The fourth-order valence-electron chi connectivity index (χ4n) is 1.98. The van der Waals surface area contributed by atoms with Crippen molar-refractivity contribution >= 4 is 11.6 Å². The summed E-state index contributed by atoms with van der Waals surface area (Å²) in [5, 5.41) is 0.690. The lowest BCUT2D eigenvalue weighted by atomic mass is 9.98. The largest absolute Gasteiger partial charge is 0.271 e. The fraction of sp³-hybridized carbons (Fsp3) is 0.200. The van der Waals surface area contributed by atoms with E-state index in [9.17, 15) is 4.39 Å². The van der Waals surface area contributed by atoms with E-state index in [2.05, 4.69) is 5.43 Å². The number of hydrogen-bond donors (Lipinski definition) is 2. The molecule has 0 aliphatic heterocycles. The Morgan fingerprint density at radius 3 is 2.63 bits per heavy atom. The maximum absolute atomic E-state index is 13.6. The highest BCUT2D eigenvalue weighted by Crippen LogP contribution is 2.24. The highest BCUT2D eigenvalue weighted by Gasteiger charge is 2.13.